The van der Waals surface area contributed by atoms with E-state index in [-0.39, 0.29) is 11.7 Å². The van der Waals surface area contributed by atoms with E-state index in [1.165, 1.54) is 6.07 Å². The first-order valence-corrected chi connectivity index (χ1v) is 9.26. The number of carbonyl (C=O) groups is 1. The molecule has 0 aliphatic carbocycles. The molecule has 1 aromatic carbocycles. The lowest BCUT2D eigenvalue weighted by Gasteiger charge is -2.35. The molecule has 2 saturated heterocycles. The molecule has 26 heavy (non-hydrogen) atoms. The quantitative estimate of drug-likeness (QED) is 0.836. The SMILES string of the molecule is O=C(CN1CCN(c2nccn2-c2ccccc2F)CC1)N1CCCC1. The summed E-state index contributed by atoms with van der Waals surface area (Å²) in [5.41, 5.74) is 0.506. The first kappa shape index (κ1) is 17.0. The van der Waals surface area contributed by atoms with Gasteiger partial charge in [0.1, 0.15) is 5.82 Å². The predicted octanol–water partition coefficient (Wildman–Crippen LogP) is 1.76. The Balaban J connectivity index is 1.39. The van der Waals surface area contributed by atoms with Crippen molar-refractivity contribution in [2.24, 2.45) is 0 Å². The molecule has 0 spiro atoms. The molecular weight excluding hydrogens is 333 g/mol. The van der Waals surface area contributed by atoms with Gasteiger partial charge in [0.05, 0.1) is 12.2 Å². The van der Waals surface area contributed by atoms with Crippen LogP contribution in [0.2, 0.25) is 0 Å². The zero-order valence-corrected chi connectivity index (χ0v) is 14.9. The molecule has 0 unspecified atom stereocenters. The van der Waals surface area contributed by atoms with E-state index in [9.17, 15) is 9.18 Å². The van der Waals surface area contributed by atoms with Crippen LogP contribution in [-0.2, 0) is 4.79 Å². The van der Waals surface area contributed by atoms with Gasteiger partial charge in [0.15, 0.2) is 0 Å². The van der Waals surface area contributed by atoms with Crippen molar-refractivity contribution >= 4 is 11.9 Å². The van der Waals surface area contributed by atoms with Crippen molar-refractivity contribution in [1.82, 2.24) is 19.4 Å². The van der Waals surface area contributed by atoms with Crippen molar-refractivity contribution in [2.45, 2.75) is 12.8 Å². The van der Waals surface area contributed by atoms with Crippen molar-refractivity contribution in [1.29, 1.82) is 0 Å². The van der Waals surface area contributed by atoms with E-state index in [0.29, 0.717) is 12.2 Å². The highest BCUT2D eigenvalue weighted by Crippen LogP contribution is 2.21. The Hall–Kier alpha value is -2.41. The molecule has 3 heterocycles. The molecule has 6 nitrogen and oxygen atoms in total. The number of nitrogens with zero attached hydrogens (tertiary/aromatic N) is 5. The zero-order chi connectivity index (χ0) is 17.9. The molecule has 4 rings (SSSR count). The second-order valence-corrected chi connectivity index (χ2v) is 6.90. The van der Waals surface area contributed by atoms with Gasteiger partial charge in [-0.25, -0.2) is 9.37 Å². The topological polar surface area (TPSA) is 44.6 Å². The molecule has 0 radical (unpaired) electrons. The summed E-state index contributed by atoms with van der Waals surface area (Å²) in [6.45, 7) is 5.47. The number of para-hydroxylation sites is 1. The van der Waals surface area contributed by atoms with Gasteiger partial charge < -0.3 is 9.80 Å². The van der Waals surface area contributed by atoms with Crippen LogP contribution >= 0.6 is 0 Å². The molecule has 0 N–H and O–H groups in total. The van der Waals surface area contributed by atoms with E-state index < -0.39 is 0 Å². The van der Waals surface area contributed by atoms with Crippen LogP contribution in [0, 0.1) is 5.82 Å². The number of hydrogen-bond acceptors (Lipinski definition) is 4. The number of carbonyl (C=O) groups excluding carboxylic acids is 1. The highest BCUT2D eigenvalue weighted by molar-refractivity contribution is 5.78. The number of hydrogen-bond donors (Lipinski definition) is 0. The number of aromatic nitrogens is 2. The van der Waals surface area contributed by atoms with E-state index in [0.717, 1.165) is 58.1 Å². The van der Waals surface area contributed by atoms with E-state index >= 15 is 0 Å². The average molecular weight is 357 g/mol. The first-order chi connectivity index (χ1) is 12.7. The summed E-state index contributed by atoms with van der Waals surface area (Å²) in [4.78, 5) is 23.1. The minimum absolute atomic E-state index is 0.240. The zero-order valence-electron chi connectivity index (χ0n) is 14.9. The van der Waals surface area contributed by atoms with E-state index in [2.05, 4.69) is 14.8 Å². The smallest absolute Gasteiger partial charge is 0.236 e. The summed E-state index contributed by atoms with van der Waals surface area (Å²) in [7, 11) is 0. The molecule has 2 aliphatic heterocycles. The fourth-order valence-corrected chi connectivity index (χ4v) is 3.73. The highest BCUT2D eigenvalue weighted by Gasteiger charge is 2.25. The van der Waals surface area contributed by atoms with E-state index in [1.54, 1.807) is 29.1 Å². The predicted molar refractivity (Wildman–Crippen MR) is 98.0 cm³/mol. The number of imidazole rings is 1. The van der Waals surface area contributed by atoms with Crippen molar-refractivity contribution in [2.75, 3.05) is 50.7 Å². The van der Waals surface area contributed by atoms with Crippen LogP contribution in [-0.4, -0.2) is 71.1 Å². The largest absolute Gasteiger partial charge is 0.342 e. The molecule has 0 atom stereocenters. The molecule has 2 aromatic rings. The second kappa shape index (κ2) is 7.45. The summed E-state index contributed by atoms with van der Waals surface area (Å²) < 4.78 is 15.9. The van der Waals surface area contributed by atoms with Gasteiger partial charge in [-0.1, -0.05) is 12.1 Å². The van der Waals surface area contributed by atoms with Gasteiger partial charge in [0, 0.05) is 51.7 Å². The van der Waals surface area contributed by atoms with Gasteiger partial charge in [0.25, 0.3) is 0 Å². The third-order valence-electron chi connectivity index (χ3n) is 5.21. The van der Waals surface area contributed by atoms with Crippen molar-refractivity contribution in [3.8, 4) is 5.69 Å². The van der Waals surface area contributed by atoms with Crippen LogP contribution in [0.3, 0.4) is 0 Å². The van der Waals surface area contributed by atoms with Gasteiger partial charge in [-0.05, 0) is 25.0 Å². The first-order valence-electron chi connectivity index (χ1n) is 9.26. The summed E-state index contributed by atoms with van der Waals surface area (Å²) in [6.07, 6.45) is 5.73. The Morgan fingerprint density at radius 2 is 1.77 bits per heavy atom. The maximum Gasteiger partial charge on any atom is 0.236 e. The number of likely N-dealkylation sites (tertiary alicyclic amines) is 1. The second-order valence-electron chi connectivity index (χ2n) is 6.90. The van der Waals surface area contributed by atoms with Crippen LogP contribution in [0.4, 0.5) is 10.3 Å². The third kappa shape index (κ3) is 3.44. The normalized spacial score (nSPS) is 18.5. The number of halogens is 1. The lowest BCUT2D eigenvalue weighted by atomic mass is 10.3. The van der Waals surface area contributed by atoms with Crippen LogP contribution in [0.1, 0.15) is 12.8 Å². The van der Waals surface area contributed by atoms with Crippen LogP contribution in [0.25, 0.3) is 5.69 Å². The maximum absolute atomic E-state index is 14.1. The highest BCUT2D eigenvalue weighted by atomic mass is 19.1. The fourth-order valence-electron chi connectivity index (χ4n) is 3.73. The van der Waals surface area contributed by atoms with Crippen LogP contribution in [0.5, 0.6) is 0 Å². The Labute approximate surface area is 152 Å². The summed E-state index contributed by atoms with van der Waals surface area (Å²) in [6, 6.07) is 6.72. The van der Waals surface area contributed by atoms with Crippen molar-refractivity contribution < 1.29 is 9.18 Å². The summed E-state index contributed by atoms with van der Waals surface area (Å²) in [5.74, 6) is 0.728. The molecule has 0 saturated carbocycles. The molecule has 7 heteroatoms. The van der Waals surface area contributed by atoms with E-state index in [4.69, 9.17) is 0 Å². The molecule has 1 amide bonds. The average Bonchev–Trinajstić information content (AvgIpc) is 3.35. The number of anilines is 1. The molecule has 2 fully saturated rings. The molecular formula is C19H24FN5O. The maximum atomic E-state index is 14.1. The number of rotatable bonds is 4. The Morgan fingerprint density at radius 1 is 1.04 bits per heavy atom. The van der Waals surface area contributed by atoms with Crippen molar-refractivity contribution in [3.63, 3.8) is 0 Å². The lowest BCUT2D eigenvalue weighted by molar-refractivity contribution is -0.131. The monoisotopic (exact) mass is 357 g/mol. The molecule has 1 aromatic heterocycles. The standard InChI is InChI=1S/C19H24FN5O/c20-16-5-1-2-6-17(16)25-10-7-21-19(25)24-13-11-22(12-14-24)15-18(26)23-8-3-4-9-23/h1-2,5-7,10H,3-4,8-9,11-15H2. The van der Waals surface area contributed by atoms with Crippen molar-refractivity contribution in [3.05, 3.63) is 42.5 Å². The summed E-state index contributed by atoms with van der Waals surface area (Å²) >= 11 is 0. The van der Waals surface area contributed by atoms with Gasteiger partial charge >= 0.3 is 0 Å². The van der Waals surface area contributed by atoms with Crippen LogP contribution in [0.15, 0.2) is 36.7 Å². The lowest BCUT2D eigenvalue weighted by Crippen LogP contribution is -2.50. The Morgan fingerprint density at radius 3 is 2.50 bits per heavy atom. The summed E-state index contributed by atoms with van der Waals surface area (Å²) in [5, 5.41) is 0. The third-order valence-corrected chi connectivity index (χ3v) is 5.21. The van der Waals surface area contributed by atoms with Crippen LogP contribution < -0.4 is 4.90 Å². The van der Waals surface area contributed by atoms with Gasteiger partial charge in [-0.2, -0.15) is 0 Å². The molecule has 2 aliphatic rings. The minimum atomic E-state index is -0.262. The minimum Gasteiger partial charge on any atom is -0.342 e. The Bertz CT molecular complexity index is 763. The van der Waals surface area contributed by atoms with Gasteiger partial charge in [0.2, 0.25) is 11.9 Å². The number of amides is 1. The molecule has 0 bridgehead atoms. The fraction of sp³-hybridized carbons (Fsp3) is 0.474. The van der Waals surface area contributed by atoms with Gasteiger partial charge in [-0.3, -0.25) is 14.3 Å². The number of benzene rings is 1. The Kier molecular flexibility index (Phi) is 4.88. The molecule has 138 valence electrons. The van der Waals surface area contributed by atoms with E-state index in [1.807, 2.05) is 11.0 Å². The number of piperazine rings is 1. The van der Waals surface area contributed by atoms with Gasteiger partial charge in [-0.15, -0.1) is 0 Å².